The van der Waals surface area contributed by atoms with E-state index in [2.05, 4.69) is 0 Å². The Kier molecular flexibility index (Phi) is 4.04. The summed E-state index contributed by atoms with van der Waals surface area (Å²) >= 11 is 0. The van der Waals surface area contributed by atoms with Crippen LogP contribution in [-0.4, -0.2) is 26.1 Å². The van der Waals surface area contributed by atoms with Gasteiger partial charge in [-0.1, -0.05) is 18.2 Å². The second-order valence-corrected chi connectivity index (χ2v) is 6.83. The zero-order chi connectivity index (χ0) is 16.4. The monoisotopic (exact) mass is 335 g/mol. The van der Waals surface area contributed by atoms with E-state index in [1.807, 2.05) is 30.3 Å². The van der Waals surface area contributed by atoms with Gasteiger partial charge in [0.25, 0.3) is 0 Å². The second kappa shape index (κ2) is 6.00. The molecule has 0 aliphatic carbocycles. The first-order valence-electron chi connectivity index (χ1n) is 7.00. The molecule has 0 saturated carbocycles. The van der Waals surface area contributed by atoms with Gasteiger partial charge in [0, 0.05) is 18.7 Å². The maximum absolute atomic E-state index is 13.0. The summed E-state index contributed by atoms with van der Waals surface area (Å²) in [5, 5.41) is -1.30. The highest BCUT2D eigenvalue weighted by Crippen LogP contribution is 2.28. The number of rotatable bonds is 4. The largest absolute Gasteiger partial charge is 0.457 e. The number of amides is 1. The van der Waals surface area contributed by atoms with Crippen LogP contribution in [0.3, 0.4) is 0 Å². The zero-order valence-electron chi connectivity index (χ0n) is 12.1. The standard InChI is InChI=1S/C16H14FNO4S/c17-23(20,21)15-10-16(19)18(11-15)12-6-8-14(9-7-12)22-13-4-2-1-3-5-13/h1-9,15H,10-11H2. The predicted octanol–water partition coefficient (Wildman–Crippen LogP) is 2.88. The predicted molar refractivity (Wildman–Crippen MR) is 83.7 cm³/mol. The highest BCUT2D eigenvalue weighted by Gasteiger charge is 2.38. The number of halogens is 1. The first-order chi connectivity index (χ1) is 10.9. The number of para-hydroxylation sites is 1. The van der Waals surface area contributed by atoms with Crippen molar-refractivity contribution in [2.75, 3.05) is 11.4 Å². The van der Waals surface area contributed by atoms with E-state index >= 15 is 0 Å². The third kappa shape index (κ3) is 3.50. The molecule has 1 heterocycles. The van der Waals surface area contributed by atoms with Crippen LogP contribution < -0.4 is 9.64 Å². The number of anilines is 1. The summed E-state index contributed by atoms with van der Waals surface area (Å²) in [4.78, 5) is 13.1. The fourth-order valence-corrected chi connectivity index (χ4v) is 3.10. The van der Waals surface area contributed by atoms with E-state index in [1.165, 1.54) is 4.90 Å². The van der Waals surface area contributed by atoms with Crippen molar-refractivity contribution in [1.29, 1.82) is 0 Å². The van der Waals surface area contributed by atoms with Crippen molar-refractivity contribution in [2.45, 2.75) is 11.7 Å². The topological polar surface area (TPSA) is 63.7 Å². The average molecular weight is 335 g/mol. The molecule has 1 aliphatic heterocycles. The number of hydrogen-bond acceptors (Lipinski definition) is 4. The van der Waals surface area contributed by atoms with Crippen molar-refractivity contribution in [1.82, 2.24) is 0 Å². The Balaban J connectivity index is 1.74. The van der Waals surface area contributed by atoms with Crippen molar-refractivity contribution < 1.29 is 21.8 Å². The molecule has 1 unspecified atom stereocenters. The first kappa shape index (κ1) is 15.5. The molecule has 0 aromatic heterocycles. The van der Waals surface area contributed by atoms with Gasteiger partial charge in [0.05, 0.1) is 0 Å². The van der Waals surface area contributed by atoms with Crippen molar-refractivity contribution >= 4 is 21.8 Å². The smallest absolute Gasteiger partial charge is 0.307 e. The van der Waals surface area contributed by atoms with Crippen LogP contribution >= 0.6 is 0 Å². The van der Waals surface area contributed by atoms with Gasteiger partial charge in [-0.2, -0.15) is 8.42 Å². The van der Waals surface area contributed by atoms with Crippen LogP contribution in [0.5, 0.6) is 11.5 Å². The number of hydrogen-bond donors (Lipinski definition) is 0. The molecule has 1 saturated heterocycles. The Labute approximate surface area is 133 Å². The van der Waals surface area contributed by atoms with Crippen LogP contribution in [0.4, 0.5) is 9.57 Å². The molecule has 0 radical (unpaired) electrons. The highest BCUT2D eigenvalue weighted by molar-refractivity contribution is 7.87. The molecule has 1 atom stereocenters. The quantitative estimate of drug-likeness (QED) is 0.806. The summed E-state index contributed by atoms with van der Waals surface area (Å²) in [6.45, 7) is -0.170. The van der Waals surface area contributed by atoms with Gasteiger partial charge in [-0.25, -0.2) is 0 Å². The molecule has 2 aromatic rings. The number of nitrogens with zero attached hydrogens (tertiary/aromatic N) is 1. The molecule has 0 spiro atoms. The fraction of sp³-hybridized carbons (Fsp3) is 0.188. The van der Waals surface area contributed by atoms with E-state index in [4.69, 9.17) is 4.74 Å². The zero-order valence-corrected chi connectivity index (χ0v) is 12.9. The van der Waals surface area contributed by atoms with Gasteiger partial charge in [0.15, 0.2) is 0 Å². The van der Waals surface area contributed by atoms with E-state index in [9.17, 15) is 17.1 Å². The van der Waals surface area contributed by atoms with E-state index < -0.39 is 21.4 Å². The normalized spacial score (nSPS) is 18.2. The Morgan fingerprint density at radius 2 is 1.61 bits per heavy atom. The third-order valence-corrected chi connectivity index (χ3v) is 4.73. The molecular formula is C16H14FNO4S. The lowest BCUT2D eigenvalue weighted by molar-refractivity contribution is -0.117. The van der Waals surface area contributed by atoms with Gasteiger partial charge in [-0.15, -0.1) is 3.89 Å². The molecule has 1 fully saturated rings. The summed E-state index contributed by atoms with van der Waals surface area (Å²) in [7, 11) is -4.71. The van der Waals surface area contributed by atoms with E-state index in [-0.39, 0.29) is 13.0 Å². The molecule has 120 valence electrons. The fourth-order valence-electron chi connectivity index (χ4n) is 2.43. The van der Waals surface area contributed by atoms with Gasteiger partial charge in [-0.3, -0.25) is 4.79 Å². The van der Waals surface area contributed by atoms with Crippen LogP contribution in [0, 0.1) is 0 Å². The molecule has 3 rings (SSSR count). The Hall–Kier alpha value is -2.41. The third-order valence-electron chi connectivity index (χ3n) is 3.62. The van der Waals surface area contributed by atoms with E-state index in [1.54, 1.807) is 24.3 Å². The van der Waals surface area contributed by atoms with E-state index in [0.717, 1.165) is 0 Å². The lowest BCUT2D eigenvalue weighted by Gasteiger charge is -2.16. The molecule has 23 heavy (non-hydrogen) atoms. The molecule has 1 aliphatic rings. The minimum atomic E-state index is -4.71. The van der Waals surface area contributed by atoms with Crippen molar-refractivity contribution in [3.05, 3.63) is 54.6 Å². The molecule has 0 N–H and O–H groups in total. The SMILES string of the molecule is O=C1CC(S(=O)(=O)F)CN1c1ccc(Oc2ccccc2)cc1. The Morgan fingerprint density at radius 1 is 1.00 bits per heavy atom. The van der Waals surface area contributed by atoms with Crippen LogP contribution in [0.2, 0.25) is 0 Å². The Bertz CT molecular complexity index is 806. The van der Waals surface area contributed by atoms with Crippen LogP contribution in [0.15, 0.2) is 54.6 Å². The van der Waals surface area contributed by atoms with Crippen molar-refractivity contribution in [3.63, 3.8) is 0 Å². The molecular weight excluding hydrogens is 321 g/mol. The molecule has 7 heteroatoms. The lowest BCUT2D eigenvalue weighted by atomic mass is 10.2. The Morgan fingerprint density at radius 3 is 2.17 bits per heavy atom. The second-order valence-electron chi connectivity index (χ2n) is 5.22. The highest BCUT2D eigenvalue weighted by atomic mass is 32.3. The van der Waals surface area contributed by atoms with Crippen molar-refractivity contribution in [2.24, 2.45) is 0 Å². The summed E-state index contributed by atoms with van der Waals surface area (Å²) in [6, 6.07) is 15.8. The minimum Gasteiger partial charge on any atom is -0.457 e. The van der Waals surface area contributed by atoms with Crippen molar-refractivity contribution in [3.8, 4) is 11.5 Å². The molecule has 0 bridgehead atoms. The minimum absolute atomic E-state index is 0.170. The van der Waals surface area contributed by atoms with Gasteiger partial charge < -0.3 is 9.64 Å². The lowest BCUT2D eigenvalue weighted by Crippen LogP contribution is -2.26. The molecule has 1 amide bonds. The van der Waals surface area contributed by atoms with Crippen LogP contribution in [0.25, 0.3) is 0 Å². The number of benzene rings is 2. The van der Waals surface area contributed by atoms with Gasteiger partial charge >= 0.3 is 10.2 Å². The van der Waals surface area contributed by atoms with Gasteiger partial charge in [0.2, 0.25) is 5.91 Å². The first-order valence-corrected chi connectivity index (χ1v) is 8.45. The summed E-state index contributed by atoms with van der Waals surface area (Å²) < 4.78 is 40.6. The van der Waals surface area contributed by atoms with Gasteiger partial charge in [-0.05, 0) is 36.4 Å². The van der Waals surface area contributed by atoms with E-state index in [0.29, 0.717) is 17.2 Å². The summed E-state index contributed by atoms with van der Waals surface area (Å²) in [5.74, 6) is 0.857. The number of ether oxygens (including phenoxy) is 1. The average Bonchev–Trinajstić information content (AvgIpc) is 2.91. The molecule has 2 aromatic carbocycles. The maximum Gasteiger partial charge on any atom is 0.307 e. The summed E-state index contributed by atoms with van der Waals surface area (Å²) in [6.07, 6.45) is -0.332. The molecule has 5 nitrogen and oxygen atoms in total. The number of carbonyl (C=O) groups excluding carboxylic acids is 1. The summed E-state index contributed by atoms with van der Waals surface area (Å²) in [5.41, 5.74) is 0.515. The van der Waals surface area contributed by atoms with Gasteiger partial charge in [0.1, 0.15) is 16.7 Å². The maximum atomic E-state index is 13.0. The van der Waals surface area contributed by atoms with Crippen LogP contribution in [-0.2, 0) is 15.0 Å². The van der Waals surface area contributed by atoms with Crippen LogP contribution in [0.1, 0.15) is 6.42 Å². The number of carbonyl (C=O) groups is 1.